The SMILES string of the molecule is CCCCCCCC[C@@H](O)[C@H]1CC[C@H]([C@H]2CC[C@H]([C@H](O)CCCCCCCC)O2)O1. The number of aliphatic hydroxyl groups is 2. The van der Waals surface area contributed by atoms with E-state index in [-0.39, 0.29) is 36.6 Å². The summed E-state index contributed by atoms with van der Waals surface area (Å²) in [6, 6.07) is 0. The van der Waals surface area contributed by atoms with Gasteiger partial charge < -0.3 is 19.7 Å². The van der Waals surface area contributed by atoms with Gasteiger partial charge in [-0.05, 0) is 38.5 Å². The van der Waals surface area contributed by atoms with Crippen molar-refractivity contribution in [3.05, 3.63) is 0 Å². The fraction of sp³-hybridized carbons (Fsp3) is 1.00. The second-order valence-electron chi connectivity index (χ2n) is 9.83. The largest absolute Gasteiger partial charge is 0.390 e. The molecule has 2 heterocycles. The van der Waals surface area contributed by atoms with Crippen molar-refractivity contribution in [3.8, 4) is 0 Å². The van der Waals surface area contributed by atoms with Gasteiger partial charge in [0.05, 0.1) is 36.6 Å². The van der Waals surface area contributed by atoms with Gasteiger partial charge in [0.15, 0.2) is 0 Å². The lowest BCUT2D eigenvalue weighted by Crippen LogP contribution is -2.33. The minimum Gasteiger partial charge on any atom is -0.390 e. The molecule has 0 aromatic carbocycles. The van der Waals surface area contributed by atoms with Gasteiger partial charge in [-0.2, -0.15) is 0 Å². The van der Waals surface area contributed by atoms with Crippen LogP contribution in [0.1, 0.15) is 129 Å². The molecule has 0 unspecified atom stereocenters. The fourth-order valence-electron chi connectivity index (χ4n) is 5.13. The Hall–Kier alpha value is -0.160. The van der Waals surface area contributed by atoms with E-state index in [1.54, 1.807) is 0 Å². The molecule has 0 aromatic rings. The molecule has 0 saturated carbocycles. The molecule has 0 aliphatic carbocycles. The maximum atomic E-state index is 10.5. The normalized spacial score (nSPS) is 28.8. The zero-order chi connectivity index (χ0) is 21.6. The molecular weight excluding hydrogens is 376 g/mol. The average molecular weight is 427 g/mol. The minimum atomic E-state index is -0.336. The van der Waals surface area contributed by atoms with Crippen LogP contribution in [0.5, 0.6) is 0 Å². The van der Waals surface area contributed by atoms with Gasteiger partial charge in [-0.1, -0.05) is 90.9 Å². The van der Waals surface area contributed by atoms with Gasteiger partial charge in [0.2, 0.25) is 0 Å². The second-order valence-corrected chi connectivity index (χ2v) is 9.83. The van der Waals surface area contributed by atoms with Crippen LogP contribution in [0.15, 0.2) is 0 Å². The van der Waals surface area contributed by atoms with E-state index in [4.69, 9.17) is 9.47 Å². The van der Waals surface area contributed by atoms with E-state index in [0.717, 1.165) is 51.4 Å². The summed E-state index contributed by atoms with van der Waals surface area (Å²) in [5.41, 5.74) is 0. The molecule has 30 heavy (non-hydrogen) atoms. The molecule has 2 rings (SSSR count). The van der Waals surface area contributed by atoms with Crippen molar-refractivity contribution in [2.24, 2.45) is 0 Å². The summed E-state index contributed by atoms with van der Waals surface area (Å²) in [4.78, 5) is 0. The minimum absolute atomic E-state index is 0.0265. The lowest BCUT2D eigenvalue weighted by molar-refractivity contribution is -0.110. The van der Waals surface area contributed by atoms with Crippen molar-refractivity contribution in [1.82, 2.24) is 0 Å². The lowest BCUT2D eigenvalue weighted by atomic mass is 10.0. The first-order valence-corrected chi connectivity index (χ1v) is 13.3. The zero-order valence-electron chi connectivity index (χ0n) is 19.9. The van der Waals surface area contributed by atoms with Crippen LogP contribution in [0.4, 0.5) is 0 Å². The average Bonchev–Trinajstić information content (AvgIpc) is 3.42. The van der Waals surface area contributed by atoms with Crippen LogP contribution in [-0.4, -0.2) is 46.8 Å². The summed E-state index contributed by atoms with van der Waals surface area (Å²) in [5.74, 6) is 0. The third-order valence-corrected chi connectivity index (χ3v) is 7.15. The first-order chi connectivity index (χ1) is 14.7. The number of hydrogen-bond donors (Lipinski definition) is 2. The highest BCUT2D eigenvalue weighted by atomic mass is 16.6. The van der Waals surface area contributed by atoms with Gasteiger partial charge in [-0.25, -0.2) is 0 Å². The van der Waals surface area contributed by atoms with Gasteiger partial charge in [0.25, 0.3) is 0 Å². The second kappa shape index (κ2) is 15.6. The number of ether oxygens (including phenoxy) is 2. The summed E-state index contributed by atoms with van der Waals surface area (Å²) in [5, 5.41) is 21.0. The first-order valence-electron chi connectivity index (χ1n) is 13.3. The number of unbranched alkanes of at least 4 members (excludes halogenated alkanes) is 10. The predicted molar refractivity (Wildman–Crippen MR) is 124 cm³/mol. The van der Waals surface area contributed by atoms with Crippen LogP contribution >= 0.6 is 0 Å². The van der Waals surface area contributed by atoms with Crippen LogP contribution < -0.4 is 0 Å². The molecule has 4 heteroatoms. The molecule has 178 valence electrons. The third kappa shape index (κ3) is 9.54. The van der Waals surface area contributed by atoms with Gasteiger partial charge >= 0.3 is 0 Å². The molecule has 2 aliphatic heterocycles. The van der Waals surface area contributed by atoms with E-state index in [0.29, 0.717) is 0 Å². The molecular formula is C26H50O4. The predicted octanol–water partition coefficient (Wildman–Crippen LogP) is 6.30. The van der Waals surface area contributed by atoms with Crippen molar-refractivity contribution in [3.63, 3.8) is 0 Å². The third-order valence-electron chi connectivity index (χ3n) is 7.15. The molecule has 2 saturated heterocycles. The monoisotopic (exact) mass is 426 g/mol. The van der Waals surface area contributed by atoms with E-state index >= 15 is 0 Å². The van der Waals surface area contributed by atoms with E-state index in [9.17, 15) is 10.2 Å². The number of aliphatic hydroxyl groups excluding tert-OH is 2. The maximum Gasteiger partial charge on any atom is 0.0842 e. The highest BCUT2D eigenvalue weighted by Crippen LogP contribution is 2.34. The van der Waals surface area contributed by atoms with Crippen LogP contribution in [0, 0.1) is 0 Å². The molecule has 0 spiro atoms. The number of hydrogen-bond acceptors (Lipinski definition) is 4. The Kier molecular flexibility index (Phi) is 13.6. The standard InChI is InChI=1S/C26H50O4/c1-3-5-7-9-11-13-15-21(27)23-17-19-25(29-23)26-20-18-24(30-26)22(28)16-14-12-10-8-6-4-2/h21-28H,3-20H2,1-2H3/t21-,22-,23-,24-,25-,26-/m1/s1. The van der Waals surface area contributed by atoms with Crippen molar-refractivity contribution in [2.45, 2.75) is 166 Å². The lowest BCUT2D eigenvalue weighted by Gasteiger charge is -2.24. The van der Waals surface area contributed by atoms with Crippen molar-refractivity contribution in [1.29, 1.82) is 0 Å². The van der Waals surface area contributed by atoms with Gasteiger partial charge in [-0.3, -0.25) is 0 Å². The molecule has 0 bridgehead atoms. The van der Waals surface area contributed by atoms with E-state index in [2.05, 4.69) is 13.8 Å². The molecule has 0 radical (unpaired) electrons. The van der Waals surface area contributed by atoms with E-state index in [1.165, 1.54) is 64.2 Å². The smallest absolute Gasteiger partial charge is 0.0842 e. The maximum absolute atomic E-state index is 10.5. The Morgan fingerprint density at radius 2 is 0.933 bits per heavy atom. The molecule has 0 aromatic heterocycles. The highest BCUT2D eigenvalue weighted by molar-refractivity contribution is 4.89. The summed E-state index contributed by atoms with van der Waals surface area (Å²) in [6.45, 7) is 4.48. The number of rotatable bonds is 17. The molecule has 4 nitrogen and oxygen atoms in total. The Morgan fingerprint density at radius 1 is 0.567 bits per heavy atom. The van der Waals surface area contributed by atoms with Gasteiger partial charge in [0, 0.05) is 0 Å². The summed E-state index contributed by atoms with van der Waals surface area (Å²) in [7, 11) is 0. The van der Waals surface area contributed by atoms with Crippen LogP contribution in [0.2, 0.25) is 0 Å². The van der Waals surface area contributed by atoms with Crippen molar-refractivity contribution in [2.75, 3.05) is 0 Å². The molecule has 2 N–H and O–H groups in total. The Morgan fingerprint density at radius 3 is 1.33 bits per heavy atom. The Balaban J connectivity index is 1.57. The molecule has 2 fully saturated rings. The fourth-order valence-corrected chi connectivity index (χ4v) is 5.13. The molecule has 6 atom stereocenters. The summed E-state index contributed by atoms with van der Waals surface area (Å²) in [6.07, 6.45) is 20.1. The van der Waals surface area contributed by atoms with Crippen LogP contribution in [-0.2, 0) is 9.47 Å². The van der Waals surface area contributed by atoms with Gasteiger partial charge in [0.1, 0.15) is 0 Å². The summed E-state index contributed by atoms with van der Waals surface area (Å²) >= 11 is 0. The zero-order valence-corrected chi connectivity index (χ0v) is 19.9. The Bertz CT molecular complexity index is 378. The molecule has 2 aliphatic rings. The van der Waals surface area contributed by atoms with Crippen molar-refractivity contribution >= 4 is 0 Å². The van der Waals surface area contributed by atoms with E-state index in [1.807, 2.05) is 0 Å². The Labute approximate surface area is 186 Å². The van der Waals surface area contributed by atoms with Crippen LogP contribution in [0.25, 0.3) is 0 Å². The summed E-state index contributed by atoms with van der Waals surface area (Å²) < 4.78 is 12.4. The first kappa shape index (κ1) is 26.1. The van der Waals surface area contributed by atoms with Gasteiger partial charge in [-0.15, -0.1) is 0 Å². The quantitative estimate of drug-likeness (QED) is 0.268. The highest BCUT2D eigenvalue weighted by Gasteiger charge is 2.40. The topological polar surface area (TPSA) is 58.9 Å². The van der Waals surface area contributed by atoms with Crippen molar-refractivity contribution < 1.29 is 19.7 Å². The molecule has 0 amide bonds. The van der Waals surface area contributed by atoms with Crippen LogP contribution in [0.3, 0.4) is 0 Å². The van der Waals surface area contributed by atoms with E-state index < -0.39 is 0 Å².